The van der Waals surface area contributed by atoms with E-state index in [0.29, 0.717) is 22.4 Å². The van der Waals surface area contributed by atoms with E-state index in [-0.39, 0.29) is 11.5 Å². The second-order valence-corrected chi connectivity index (χ2v) is 6.47. The summed E-state index contributed by atoms with van der Waals surface area (Å²) in [5.41, 5.74) is 2.13. The third-order valence-electron chi connectivity index (χ3n) is 3.17. The van der Waals surface area contributed by atoms with Crippen LogP contribution in [0.5, 0.6) is 0 Å². The van der Waals surface area contributed by atoms with Gasteiger partial charge in [0.1, 0.15) is 5.82 Å². The predicted molar refractivity (Wildman–Crippen MR) is 79.0 cm³/mol. The van der Waals surface area contributed by atoms with Crippen molar-refractivity contribution in [2.75, 3.05) is 4.72 Å². The topological polar surface area (TPSA) is 66.4 Å². The number of aryl methyl sites for hydroxylation is 2. The molecule has 0 saturated heterocycles. The van der Waals surface area contributed by atoms with Crippen LogP contribution in [0.4, 0.5) is 10.1 Å². The van der Waals surface area contributed by atoms with Crippen LogP contribution in [0.1, 0.15) is 16.7 Å². The maximum Gasteiger partial charge on any atom is 0.262 e. The highest BCUT2D eigenvalue weighted by atomic mass is 32.2. The predicted octanol–water partition coefficient (Wildman–Crippen LogP) is 2.74. The number of benzene rings is 2. The fourth-order valence-electron chi connectivity index (χ4n) is 1.94. The van der Waals surface area contributed by atoms with Gasteiger partial charge in [-0.3, -0.25) is 4.72 Å². The number of hydrogen-bond acceptors (Lipinski definition) is 3. The summed E-state index contributed by atoms with van der Waals surface area (Å²) >= 11 is 0. The Morgan fingerprint density at radius 3 is 2.43 bits per heavy atom. The summed E-state index contributed by atoms with van der Waals surface area (Å²) in [6, 6.07) is 8.60. The molecule has 0 amide bonds. The molecular formula is C15H16FNO3S. The first-order valence-corrected chi connectivity index (χ1v) is 7.81. The van der Waals surface area contributed by atoms with Crippen LogP contribution in [0.15, 0.2) is 41.3 Å². The lowest BCUT2D eigenvalue weighted by Gasteiger charge is -2.13. The molecule has 112 valence electrons. The fraction of sp³-hybridized carbons (Fsp3) is 0.200. The highest BCUT2D eigenvalue weighted by Gasteiger charge is 2.18. The molecule has 0 fully saturated rings. The van der Waals surface area contributed by atoms with Crippen LogP contribution in [0, 0.1) is 19.7 Å². The molecule has 2 aromatic carbocycles. The first-order valence-electron chi connectivity index (χ1n) is 6.33. The second-order valence-electron chi connectivity index (χ2n) is 4.82. The van der Waals surface area contributed by atoms with Gasteiger partial charge in [-0.25, -0.2) is 12.8 Å². The Morgan fingerprint density at radius 2 is 1.76 bits per heavy atom. The highest BCUT2D eigenvalue weighted by Crippen LogP contribution is 2.23. The molecule has 0 aliphatic rings. The van der Waals surface area contributed by atoms with E-state index in [1.165, 1.54) is 12.1 Å². The van der Waals surface area contributed by atoms with Crippen molar-refractivity contribution in [3.05, 3.63) is 58.9 Å². The molecule has 0 heterocycles. The van der Waals surface area contributed by atoms with E-state index in [0.717, 1.165) is 6.07 Å². The van der Waals surface area contributed by atoms with E-state index >= 15 is 0 Å². The molecule has 0 unspecified atom stereocenters. The molecule has 0 radical (unpaired) electrons. The van der Waals surface area contributed by atoms with Crippen LogP contribution >= 0.6 is 0 Å². The minimum absolute atomic E-state index is 0.101. The molecule has 4 nitrogen and oxygen atoms in total. The summed E-state index contributed by atoms with van der Waals surface area (Å²) in [7, 11) is -3.89. The molecular weight excluding hydrogens is 293 g/mol. The van der Waals surface area contributed by atoms with E-state index in [9.17, 15) is 12.8 Å². The summed E-state index contributed by atoms with van der Waals surface area (Å²) < 4.78 is 40.5. The van der Waals surface area contributed by atoms with Crippen LogP contribution in [0.25, 0.3) is 0 Å². The van der Waals surface area contributed by atoms with Crippen molar-refractivity contribution in [2.45, 2.75) is 25.3 Å². The number of aliphatic hydroxyl groups is 1. The largest absolute Gasteiger partial charge is 0.392 e. The van der Waals surface area contributed by atoms with Crippen molar-refractivity contribution in [3.8, 4) is 0 Å². The van der Waals surface area contributed by atoms with Crippen molar-refractivity contribution in [1.82, 2.24) is 0 Å². The Bertz CT molecular complexity index is 772. The summed E-state index contributed by atoms with van der Waals surface area (Å²) in [5, 5.41) is 9.12. The zero-order valence-corrected chi connectivity index (χ0v) is 12.5. The number of aliphatic hydroxyl groups excluding tert-OH is 1. The molecule has 0 aromatic heterocycles. The van der Waals surface area contributed by atoms with Crippen LogP contribution in [-0.4, -0.2) is 13.5 Å². The van der Waals surface area contributed by atoms with Gasteiger partial charge in [0.15, 0.2) is 0 Å². The summed E-state index contributed by atoms with van der Waals surface area (Å²) in [6.45, 7) is 3.16. The molecule has 0 aliphatic heterocycles. The first-order chi connectivity index (χ1) is 9.83. The summed E-state index contributed by atoms with van der Waals surface area (Å²) in [4.78, 5) is -0.101. The van der Waals surface area contributed by atoms with Gasteiger partial charge in [0.05, 0.1) is 17.2 Å². The quantitative estimate of drug-likeness (QED) is 0.912. The summed E-state index contributed by atoms with van der Waals surface area (Å²) in [5.74, 6) is -0.609. The average molecular weight is 309 g/mol. The van der Waals surface area contributed by atoms with Gasteiger partial charge in [0, 0.05) is 0 Å². The van der Waals surface area contributed by atoms with Crippen LogP contribution in [0.3, 0.4) is 0 Å². The second kappa shape index (κ2) is 5.83. The average Bonchev–Trinajstić information content (AvgIpc) is 2.43. The highest BCUT2D eigenvalue weighted by molar-refractivity contribution is 7.92. The number of halogens is 1. The minimum Gasteiger partial charge on any atom is -0.392 e. The van der Waals surface area contributed by atoms with Crippen molar-refractivity contribution < 1.29 is 17.9 Å². The van der Waals surface area contributed by atoms with Gasteiger partial charge in [-0.1, -0.05) is 18.2 Å². The molecule has 0 spiro atoms. The van der Waals surface area contributed by atoms with Crippen molar-refractivity contribution >= 4 is 15.7 Å². The Morgan fingerprint density at radius 1 is 1.10 bits per heavy atom. The molecule has 0 atom stereocenters. The van der Waals surface area contributed by atoms with E-state index in [1.54, 1.807) is 32.0 Å². The third-order valence-corrected chi connectivity index (χ3v) is 4.68. The zero-order chi connectivity index (χ0) is 15.6. The normalized spacial score (nSPS) is 11.4. The van der Waals surface area contributed by atoms with Gasteiger partial charge in [0.2, 0.25) is 0 Å². The van der Waals surface area contributed by atoms with Gasteiger partial charge >= 0.3 is 0 Å². The standard InChI is InChI=1S/C15H16FNO3S/c1-10-3-5-12(9-18)7-14(10)17-21(19,20)15-8-13(16)6-4-11(15)2/h3-8,17-18H,9H2,1-2H3. The molecule has 0 aliphatic carbocycles. The third kappa shape index (κ3) is 3.40. The van der Waals surface area contributed by atoms with Gasteiger partial charge in [-0.2, -0.15) is 0 Å². The smallest absolute Gasteiger partial charge is 0.262 e. The Balaban J connectivity index is 2.44. The molecule has 2 aromatic rings. The Hall–Kier alpha value is -1.92. The van der Waals surface area contributed by atoms with Gasteiger partial charge in [0.25, 0.3) is 10.0 Å². The van der Waals surface area contributed by atoms with Crippen molar-refractivity contribution in [1.29, 1.82) is 0 Å². The number of hydrogen-bond donors (Lipinski definition) is 2. The van der Waals surface area contributed by atoms with Crippen LogP contribution in [-0.2, 0) is 16.6 Å². The van der Waals surface area contributed by atoms with Crippen molar-refractivity contribution in [2.24, 2.45) is 0 Å². The first kappa shape index (κ1) is 15.5. The lowest BCUT2D eigenvalue weighted by molar-refractivity contribution is 0.282. The molecule has 0 saturated carbocycles. The van der Waals surface area contributed by atoms with E-state index in [4.69, 9.17) is 5.11 Å². The Labute approximate surface area is 123 Å². The summed E-state index contributed by atoms with van der Waals surface area (Å²) in [6.07, 6.45) is 0. The van der Waals surface area contributed by atoms with Gasteiger partial charge < -0.3 is 5.11 Å². The maximum absolute atomic E-state index is 13.3. The maximum atomic E-state index is 13.3. The van der Waals surface area contributed by atoms with Crippen LogP contribution < -0.4 is 4.72 Å². The van der Waals surface area contributed by atoms with Gasteiger partial charge in [-0.05, 0) is 48.7 Å². The Kier molecular flexibility index (Phi) is 4.29. The zero-order valence-electron chi connectivity index (χ0n) is 11.7. The van der Waals surface area contributed by atoms with Crippen molar-refractivity contribution in [3.63, 3.8) is 0 Å². The number of nitrogens with one attached hydrogen (secondary N) is 1. The molecule has 2 N–H and O–H groups in total. The van der Waals surface area contributed by atoms with Crippen LogP contribution in [0.2, 0.25) is 0 Å². The monoisotopic (exact) mass is 309 g/mol. The van der Waals surface area contributed by atoms with Gasteiger partial charge in [-0.15, -0.1) is 0 Å². The molecule has 0 bridgehead atoms. The SMILES string of the molecule is Cc1ccc(CO)cc1NS(=O)(=O)c1cc(F)ccc1C. The lowest BCUT2D eigenvalue weighted by atomic mass is 10.1. The number of anilines is 1. The fourth-order valence-corrected chi connectivity index (χ4v) is 3.32. The molecule has 2 rings (SSSR count). The van der Waals surface area contributed by atoms with E-state index in [2.05, 4.69) is 4.72 Å². The molecule has 6 heteroatoms. The number of rotatable bonds is 4. The number of sulfonamides is 1. The minimum atomic E-state index is -3.89. The van der Waals surface area contributed by atoms with E-state index < -0.39 is 15.8 Å². The lowest BCUT2D eigenvalue weighted by Crippen LogP contribution is -2.15. The molecule has 21 heavy (non-hydrogen) atoms. The van der Waals surface area contributed by atoms with E-state index in [1.807, 2.05) is 0 Å².